The van der Waals surface area contributed by atoms with Gasteiger partial charge < -0.3 is 9.73 Å². The zero-order chi connectivity index (χ0) is 22.9. The minimum atomic E-state index is -0.130. The molecule has 0 spiro atoms. The molecular formula is C25H25N3O3S2. The third-order valence-corrected chi connectivity index (χ3v) is 7.93. The largest absolute Gasteiger partial charge is 0.467 e. The van der Waals surface area contributed by atoms with Gasteiger partial charge >= 0.3 is 0 Å². The van der Waals surface area contributed by atoms with Crippen molar-refractivity contribution in [3.63, 3.8) is 0 Å². The average Bonchev–Trinajstić information content (AvgIpc) is 3.41. The lowest BCUT2D eigenvalue weighted by Crippen LogP contribution is -2.25. The summed E-state index contributed by atoms with van der Waals surface area (Å²) in [7, 11) is 0. The van der Waals surface area contributed by atoms with Crippen LogP contribution in [0, 0.1) is 13.8 Å². The first kappa shape index (κ1) is 22.0. The Hall–Kier alpha value is -2.84. The second-order valence-corrected chi connectivity index (χ2v) is 10.5. The maximum atomic E-state index is 13.6. The Labute approximate surface area is 200 Å². The fourth-order valence-corrected chi connectivity index (χ4v) is 6.50. The first-order valence-electron chi connectivity index (χ1n) is 11.1. The van der Waals surface area contributed by atoms with E-state index in [2.05, 4.69) is 11.4 Å². The van der Waals surface area contributed by atoms with E-state index in [0.29, 0.717) is 17.5 Å². The van der Waals surface area contributed by atoms with Crippen molar-refractivity contribution in [2.45, 2.75) is 51.2 Å². The van der Waals surface area contributed by atoms with E-state index < -0.39 is 0 Å². The zero-order valence-electron chi connectivity index (χ0n) is 18.6. The van der Waals surface area contributed by atoms with Crippen LogP contribution in [0.5, 0.6) is 0 Å². The average molecular weight is 480 g/mol. The van der Waals surface area contributed by atoms with Gasteiger partial charge in [-0.1, -0.05) is 17.8 Å². The summed E-state index contributed by atoms with van der Waals surface area (Å²) in [6.07, 6.45) is 5.79. The van der Waals surface area contributed by atoms with E-state index in [1.807, 2.05) is 38.1 Å². The number of aryl methyl sites for hydroxylation is 4. The van der Waals surface area contributed by atoms with Gasteiger partial charge in [0, 0.05) is 10.6 Å². The highest BCUT2D eigenvalue weighted by atomic mass is 32.2. The predicted octanol–water partition coefficient (Wildman–Crippen LogP) is 5.33. The second-order valence-electron chi connectivity index (χ2n) is 8.47. The van der Waals surface area contributed by atoms with Crippen molar-refractivity contribution >= 4 is 44.9 Å². The van der Waals surface area contributed by atoms with E-state index in [0.717, 1.165) is 58.3 Å². The Balaban J connectivity index is 1.45. The molecule has 1 amide bonds. The predicted molar refractivity (Wildman–Crippen MR) is 134 cm³/mol. The molecule has 0 saturated heterocycles. The van der Waals surface area contributed by atoms with Crippen LogP contribution in [0.15, 0.2) is 51.0 Å². The summed E-state index contributed by atoms with van der Waals surface area (Å²) in [6.45, 7) is 4.30. The Bertz CT molecular complexity index is 1370. The number of benzene rings is 1. The Morgan fingerprint density at radius 3 is 2.76 bits per heavy atom. The van der Waals surface area contributed by atoms with Gasteiger partial charge in [-0.3, -0.25) is 14.2 Å². The van der Waals surface area contributed by atoms with Crippen LogP contribution >= 0.6 is 23.1 Å². The number of fused-ring (bicyclic) bond motifs is 3. The van der Waals surface area contributed by atoms with Crippen LogP contribution in [0.25, 0.3) is 10.2 Å². The molecule has 0 unspecified atom stereocenters. The van der Waals surface area contributed by atoms with Crippen molar-refractivity contribution in [2.75, 3.05) is 11.1 Å². The molecule has 8 heteroatoms. The molecule has 170 valence electrons. The summed E-state index contributed by atoms with van der Waals surface area (Å²) in [5.41, 5.74) is 4.09. The van der Waals surface area contributed by atoms with Crippen LogP contribution in [-0.2, 0) is 24.2 Å². The summed E-state index contributed by atoms with van der Waals surface area (Å²) >= 11 is 2.91. The van der Waals surface area contributed by atoms with Crippen LogP contribution in [-0.4, -0.2) is 21.2 Å². The van der Waals surface area contributed by atoms with Crippen LogP contribution in [0.3, 0.4) is 0 Å². The van der Waals surface area contributed by atoms with Crippen LogP contribution < -0.4 is 10.9 Å². The number of thioether (sulfide) groups is 1. The van der Waals surface area contributed by atoms with Crippen molar-refractivity contribution in [3.8, 4) is 0 Å². The smallest absolute Gasteiger partial charge is 0.263 e. The van der Waals surface area contributed by atoms with Crippen LogP contribution in [0.2, 0.25) is 0 Å². The van der Waals surface area contributed by atoms with Crippen molar-refractivity contribution < 1.29 is 9.21 Å². The van der Waals surface area contributed by atoms with Gasteiger partial charge in [0.1, 0.15) is 10.6 Å². The van der Waals surface area contributed by atoms with Crippen LogP contribution in [0.4, 0.5) is 5.69 Å². The Morgan fingerprint density at radius 1 is 1.21 bits per heavy atom. The van der Waals surface area contributed by atoms with E-state index in [-0.39, 0.29) is 17.2 Å². The lowest BCUT2D eigenvalue weighted by molar-refractivity contribution is -0.113. The topological polar surface area (TPSA) is 77.1 Å². The molecule has 0 fully saturated rings. The number of carbonyl (C=O) groups excluding carboxylic acids is 1. The molecule has 1 aliphatic carbocycles. The second kappa shape index (κ2) is 9.19. The van der Waals surface area contributed by atoms with Crippen molar-refractivity contribution in [1.29, 1.82) is 0 Å². The zero-order valence-corrected chi connectivity index (χ0v) is 20.3. The molecule has 1 N–H and O–H groups in total. The number of carbonyl (C=O) groups is 1. The lowest BCUT2D eigenvalue weighted by atomic mass is 9.97. The number of hydrogen-bond acceptors (Lipinski definition) is 6. The van der Waals surface area contributed by atoms with Gasteiger partial charge in [0.2, 0.25) is 5.91 Å². The number of nitrogens with zero attached hydrogens (tertiary/aromatic N) is 2. The summed E-state index contributed by atoms with van der Waals surface area (Å²) in [5, 5.41) is 4.24. The molecule has 33 heavy (non-hydrogen) atoms. The molecule has 0 bridgehead atoms. The number of aromatic nitrogens is 2. The number of amides is 1. The van der Waals surface area contributed by atoms with E-state index >= 15 is 0 Å². The molecule has 4 aromatic rings. The molecule has 3 aromatic heterocycles. The molecule has 0 atom stereocenters. The highest BCUT2D eigenvalue weighted by Crippen LogP contribution is 2.35. The molecular weight excluding hydrogens is 454 g/mol. The third-order valence-electron chi connectivity index (χ3n) is 5.77. The minimum Gasteiger partial charge on any atom is -0.467 e. The monoisotopic (exact) mass is 479 g/mol. The molecule has 1 aliphatic rings. The highest BCUT2D eigenvalue weighted by molar-refractivity contribution is 7.99. The fourth-order valence-electron chi connectivity index (χ4n) is 4.40. The standard InChI is InChI=1S/C25H25N3O3S2/c1-15-10-16(2)12-17(11-15)26-21(29)14-32-25-27-23-22(19-7-3-4-8-20(19)33-23)24(30)28(25)13-18-6-5-9-31-18/h5-6,9-12H,3-4,7-8,13-14H2,1-2H3,(H,26,29). The van der Waals surface area contributed by atoms with Crippen molar-refractivity contribution in [2.24, 2.45) is 0 Å². The molecule has 0 saturated carbocycles. The number of anilines is 1. The van der Waals surface area contributed by atoms with Gasteiger partial charge in [-0.2, -0.15) is 0 Å². The van der Waals surface area contributed by atoms with Crippen molar-refractivity contribution in [3.05, 3.63) is 74.3 Å². The van der Waals surface area contributed by atoms with Crippen molar-refractivity contribution in [1.82, 2.24) is 9.55 Å². The van der Waals surface area contributed by atoms with E-state index in [1.165, 1.54) is 16.6 Å². The first-order valence-corrected chi connectivity index (χ1v) is 12.9. The lowest BCUT2D eigenvalue weighted by Gasteiger charge is -2.13. The van der Waals surface area contributed by atoms with Gasteiger partial charge in [-0.25, -0.2) is 4.98 Å². The SMILES string of the molecule is Cc1cc(C)cc(NC(=O)CSc2nc3sc4c(c3c(=O)n2Cc2ccco2)CCCC4)c1. The highest BCUT2D eigenvalue weighted by Gasteiger charge is 2.23. The van der Waals surface area contributed by atoms with E-state index in [9.17, 15) is 9.59 Å². The maximum absolute atomic E-state index is 13.6. The molecule has 5 rings (SSSR count). The number of rotatable bonds is 6. The Kier molecular flexibility index (Phi) is 6.12. The molecule has 0 radical (unpaired) electrons. The Morgan fingerprint density at radius 2 is 2.00 bits per heavy atom. The summed E-state index contributed by atoms with van der Waals surface area (Å²) in [5.74, 6) is 0.715. The number of furan rings is 1. The number of nitrogens with one attached hydrogen (secondary N) is 1. The molecule has 6 nitrogen and oxygen atoms in total. The van der Waals surface area contributed by atoms with Gasteiger partial charge in [0.05, 0.1) is 23.9 Å². The minimum absolute atomic E-state index is 0.0481. The summed E-state index contributed by atoms with van der Waals surface area (Å²) in [6, 6.07) is 9.62. The van der Waals surface area contributed by atoms with E-state index in [1.54, 1.807) is 22.2 Å². The molecule has 1 aromatic carbocycles. The van der Waals surface area contributed by atoms with Crippen LogP contribution in [0.1, 0.15) is 40.2 Å². The quantitative estimate of drug-likeness (QED) is 0.299. The molecule has 0 aliphatic heterocycles. The van der Waals surface area contributed by atoms with Gasteiger partial charge in [0.15, 0.2) is 5.16 Å². The van der Waals surface area contributed by atoms with Gasteiger partial charge in [-0.15, -0.1) is 11.3 Å². The fraction of sp³-hybridized carbons (Fsp3) is 0.320. The molecule has 3 heterocycles. The van der Waals surface area contributed by atoms with Gasteiger partial charge in [0.25, 0.3) is 5.56 Å². The first-order chi connectivity index (χ1) is 16.0. The summed E-state index contributed by atoms with van der Waals surface area (Å²) < 4.78 is 7.16. The third kappa shape index (κ3) is 4.63. The normalized spacial score (nSPS) is 13.3. The van der Waals surface area contributed by atoms with E-state index in [4.69, 9.17) is 9.40 Å². The number of hydrogen-bond donors (Lipinski definition) is 1. The summed E-state index contributed by atoms with van der Waals surface area (Å²) in [4.78, 5) is 33.2. The maximum Gasteiger partial charge on any atom is 0.263 e. The number of thiophene rings is 1. The van der Waals surface area contributed by atoms with Gasteiger partial charge in [-0.05, 0) is 80.5 Å².